The van der Waals surface area contributed by atoms with Gasteiger partial charge in [0.1, 0.15) is 0 Å². The number of rotatable bonds is 5. The van der Waals surface area contributed by atoms with Crippen LogP contribution in [0.5, 0.6) is 11.5 Å². The summed E-state index contributed by atoms with van der Waals surface area (Å²) in [5, 5.41) is 2.77. The highest BCUT2D eigenvalue weighted by Gasteiger charge is 2.15. The maximum atomic E-state index is 12.3. The molecule has 2 rings (SSSR count). The second kappa shape index (κ2) is 8.65. The lowest BCUT2D eigenvalue weighted by Crippen LogP contribution is -2.24. The van der Waals surface area contributed by atoms with Crippen LogP contribution in [0, 0.1) is 11.8 Å². The number of nitrogens with one attached hydrogen (secondary N) is 1. The molecule has 0 aliphatic heterocycles. The molecule has 0 radical (unpaired) electrons. The lowest BCUT2D eigenvalue weighted by molar-refractivity contribution is 0.0955. The van der Waals surface area contributed by atoms with Crippen molar-refractivity contribution in [1.82, 2.24) is 5.32 Å². The van der Waals surface area contributed by atoms with Crippen LogP contribution < -0.4 is 19.7 Å². The maximum Gasteiger partial charge on any atom is 0.255 e. The summed E-state index contributed by atoms with van der Waals surface area (Å²) in [6.07, 6.45) is 0. The van der Waals surface area contributed by atoms with Gasteiger partial charge in [-0.3, -0.25) is 4.79 Å². The molecule has 130 valence electrons. The molecule has 0 saturated carbocycles. The van der Waals surface area contributed by atoms with Gasteiger partial charge in [-0.1, -0.05) is 17.9 Å². The SMILES string of the molecule is COc1cccc(C(=O)NCC#Cc2ccc(N(C)C)cc2)c1OC. The third-order valence-corrected chi connectivity index (χ3v) is 3.60. The number of hydrogen-bond donors (Lipinski definition) is 1. The standard InChI is InChI=1S/C20H22N2O3/c1-22(2)16-12-10-15(11-13-16)7-6-14-21-20(23)17-8-5-9-18(24-3)19(17)25-4/h5,8-13H,14H2,1-4H3,(H,21,23). The summed E-state index contributed by atoms with van der Waals surface area (Å²) in [6, 6.07) is 13.1. The Morgan fingerprint density at radius 2 is 1.80 bits per heavy atom. The summed E-state index contributed by atoms with van der Waals surface area (Å²) >= 11 is 0. The number of anilines is 1. The molecule has 0 atom stereocenters. The second-order valence-corrected chi connectivity index (χ2v) is 5.47. The maximum absolute atomic E-state index is 12.3. The summed E-state index contributed by atoms with van der Waals surface area (Å²) in [6.45, 7) is 0.245. The fourth-order valence-electron chi connectivity index (χ4n) is 2.27. The van der Waals surface area contributed by atoms with E-state index in [1.54, 1.807) is 18.2 Å². The van der Waals surface area contributed by atoms with Gasteiger partial charge in [-0.15, -0.1) is 0 Å². The molecule has 2 aromatic carbocycles. The highest BCUT2D eigenvalue weighted by molar-refractivity contribution is 5.97. The number of amides is 1. The van der Waals surface area contributed by atoms with Gasteiger partial charge in [-0.05, 0) is 36.4 Å². The Kier molecular flexibility index (Phi) is 6.30. The van der Waals surface area contributed by atoms with Gasteiger partial charge in [0.05, 0.1) is 26.3 Å². The number of carbonyl (C=O) groups is 1. The van der Waals surface area contributed by atoms with Crippen molar-refractivity contribution in [2.24, 2.45) is 0 Å². The Balaban J connectivity index is 2.00. The fraction of sp³-hybridized carbons (Fsp3) is 0.250. The van der Waals surface area contributed by atoms with E-state index in [0.717, 1.165) is 11.3 Å². The van der Waals surface area contributed by atoms with Crippen molar-refractivity contribution < 1.29 is 14.3 Å². The van der Waals surface area contributed by atoms with E-state index in [9.17, 15) is 4.79 Å². The Hall–Kier alpha value is -3.13. The van der Waals surface area contributed by atoms with Gasteiger partial charge in [0, 0.05) is 25.3 Å². The van der Waals surface area contributed by atoms with Crippen LogP contribution in [0.2, 0.25) is 0 Å². The summed E-state index contributed by atoms with van der Waals surface area (Å²) in [5.41, 5.74) is 2.43. The van der Waals surface area contributed by atoms with Crippen LogP contribution in [0.15, 0.2) is 42.5 Å². The van der Waals surface area contributed by atoms with Crippen molar-refractivity contribution in [3.05, 3.63) is 53.6 Å². The Morgan fingerprint density at radius 1 is 1.08 bits per heavy atom. The number of methoxy groups -OCH3 is 2. The molecule has 0 unspecified atom stereocenters. The van der Waals surface area contributed by atoms with Crippen molar-refractivity contribution in [3.8, 4) is 23.3 Å². The first-order valence-corrected chi connectivity index (χ1v) is 7.82. The molecule has 5 nitrogen and oxygen atoms in total. The lowest BCUT2D eigenvalue weighted by atomic mass is 10.1. The number of para-hydroxylation sites is 1. The van der Waals surface area contributed by atoms with Gasteiger partial charge < -0.3 is 19.7 Å². The van der Waals surface area contributed by atoms with Crippen molar-refractivity contribution in [1.29, 1.82) is 0 Å². The lowest BCUT2D eigenvalue weighted by Gasteiger charge is -2.11. The van der Waals surface area contributed by atoms with E-state index in [0.29, 0.717) is 17.1 Å². The predicted molar refractivity (Wildman–Crippen MR) is 99.5 cm³/mol. The van der Waals surface area contributed by atoms with Gasteiger partial charge in [-0.25, -0.2) is 0 Å². The Bertz CT molecular complexity index is 787. The van der Waals surface area contributed by atoms with E-state index in [4.69, 9.17) is 9.47 Å². The van der Waals surface area contributed by atoms with Gasteiger partial charge in [0.25, 0.3) is 5.91 Å². The molecule has 2 aromatic rings. The summed E-state index contributed by atoms with van der Waals surface area (Å²) < 4.78 is 10.5. The topological polar surface area (TPSA) is 50.8 Å². The number of carbonyl (C=O) groups excluding carboxylic acids is 1. The first-order valence-electron chi connectivity index (χ1n) is 7.82. The molecule has 0 fully saturated rings. The number of hydrogen-bond acceptors (Lipinski definition) is 4. The van der Waals surface area contributed by atoms with Gasteiger partial charge in [-0.2, -0.15) is 0 Å². The average Bonchev–Trinajstić information content (AvgIpc) is 2.64. The first-order chi connectivity index (χ1) is 12.1. The number of nitrogens with zero attached hydrogens (tertiary/aromatic N) is 1. The second-order valence-electron chi connectivity index (χ2n) is 5.47. The van der Waals surface area contributed by atoms with E-state index in [1.165, 1.54) is 14.2 Å². The third-order valence-electron chi connectivity index (χ3n) is 3.60. The largest absolute Gasteiger partial charge is 0.493 e. The minimum absolute atomic E-state index is 0.245. The zero-order valence-electron chi connectivity index (χ0n) is 14.9. The molecule has 25 heavy (non-hydrogen) atoms. The molecule has 5 heteroatoms. The zero-order valence-corrected chi connectivity index (χ0v) is 14.9. The van der Waals surface area contributed by atoms with Crippen LogP contribution in [-0.2, 0) is 0 Å². The van der Waals surface area contributed by atoms with Crippen LogP contribution in [0.3, 0.4) is 0 Å². The number of benzene rings is 2. The van der Waals surface area contributed by atoms with E-state index in [-0.39, 0.29) is 12.5 Å². The van der Waals surface area contributed by atoms with E-state index < -0.39 is 0 Å². The van der Waals surface area contributed by atoms with E-state index >= 15 is 0 Å². The smallest absolute Gasteiger partial charge is 0.255 e. The first kappa shape index (κ1) is 18.2. The highest BCUT2D eigenvalue weighted by Crippen LogP contribution is 2.30. The van der Waals surface area contributed by atoms with Crippen molar-refractivity contribution in [2.45, 2.75) is 0 Å². The molecule has 0 aromatic heterocycles. The van der Waals surface area contributed by atoms with Crippen LogP contribution >= 0.6 is 0 Å². The normalized spacial score (nSPS) is 9.60. The molecule has 0 aliphatic carbocycles. The molecule has 0 heterocycles. The fourth-order valence-corrected chi connectivity index (χ4v) is 2.27. The van der Waals surface area contributed by atoms with Crippen LogP contribution in [-0.4, -0.2) is 40.8 Å². The zero-order chi connectivity index (χ0) is 18.2. The molecule has 0 saturated heterocycles. The molecule has 0 spiro atoms. The highest BCUT2D eigenvalue weighted by atomic mass is 16.5. The van der Waals surface area contributed by atoms with Crippen LogP contribution in [0.25, 0.3) is 0 Å². The molecule has 0 aliphatic rings. The van der Waals surface area contributed by atoms with Crippen molar-refractivity contribution in [2.75, 3.05) is 39.8 Å². The minimum atomic E-state index is -0.256. The van der Waals surface area contributed by atoms with Crippen LogP contribution in [0.4, 0.5) is 5.69 Å². The van der Waals surface area contributed by atoms with E-state index in [2.05, 4.69) is 17.2 Å². The molecule has 1 N–H and O–H groups in total. The van der Waals surface area contributed by atoms with Crippen molar-refractivity contribution >= 4 is 11.6 Å². The van der Waals surface area contributed by atoms with Gasteiger partial charge in [0.2, 0.25) is 0 Å². The number of ether oxygens (including phenoxy) is 2. The third kappa shape index (κ3) is 4.67. The average molecular weight is 338 g/mol. The summed E-state index contributed by atoms with van der Waals surface area (Å²) in [7, 11) is 7.02. The molecule has 0 bridgehead atoms. The van der Waals surface area contributed by atoms with Gasteiger partial charge in [0.15, 0.2) is 11.5 Å². The Morgan fingerprint density at radius 3 is 2.40 bits per heavy atom. The van der Waals surface area contributed by atoms with E-state index in [1.807, 2.05) is 43.3 Å². The molecular formula is C20H22N2O3. The minimum Gasteiger partial charge on any atom is -0.493 e. The van der Waals surface area contributed by atoms with Gasteiger partial charge >= 0.3 is 0 Å². The Labute approximate surface area is 148 Å². The quantitative estimate of drug-likeness (QED) is 0.852. The van der Waals surface area contributed by atoms with Crippen LogP contribution in [0.1, 0.15) is 15.9 Å². The predicted octanol–water partition coefficient (Wildman–Crippen LogP) is 2.55. The summed E-state index contributed by atoms with van der Waals surface area (Å²) in [5.74, 6) is 6.65. The molecular weight excluding hydrogens is 316 g/mol. The monoisotopic (exact) mass is 338 g/mol. The summed E-state index contributed by atoms with van der Waals surface area (Å²) in [4.78, 5) is 14.3. The molecule has 1 amide bonds. The van der Waals surface area contributed by atoms with Crippen molar-refractivity contribution in [3.63, 3.8) is 0 Å².